The van der Waals surface area contributed by atoms with Crippen LogP contribution in [0, 0.1) is 6.92 Å². The Kier molecular flexibility index (Phi) is 2.99. The Morgan fingerprint density at radius 1 is 1.32 bits per heavy atom. The summed E-state index contributed by atoms with van der Waals surface area (Å²) in [5.74, 6) is 0.995. The van der Waals surface area contributed by atoms with Gasteiger partial charge in [0.25, 0.3) is 0 Å². The molecule has 1 aromatic carbocycles. The number of anilines is 2. The van der Waals surface area contributed by atoms with E-state index in [9.17, 15) is 5.11 Å². The van der Waals surface area contributed by atoms with Crippen LogP contribution in [0.5, 0.6) is 0 Å². The van der Waals surface area contributed by atoms with Gasteiger partial charge in [0.2, 0.25) is 0 Å². The van der Waals surface area contributed by atoms with Gasteiger partial charge in [-0.25, -0.2) is 4.98 Å². The number of benzene rings is 1. The molecule has 3 nitrogen and oxygen atoms in total. The molecule has 1 N–H and O–H groups in total. The van der Waals surface area contributed by atoms with Gasteiger partial charge in [0.1, 0.15) is 5.82 Å². The summed E-state index contributed by atoms with van der Waals surface area (Å²) >= 11 is 0. The average molecular weight is 254 g/mol. The molecule has 3 rings (SSSR count). The zero-order chi connectivity index (χ0) is 13.4. The van der Waals surface area contributed by atoms with Crippen molar-refractivity contribution in [2.24, 2.45) is 0 Å². The van der Waals surface area contributed by atoms with Gasteiger partial charge in [-0.05, 0) is 49.1 Å². The molecule has 0 aliphatic carbocycles. The minimum absolute atomic E-state index is 0.467. The molecule has 2 aromatic rings. The second-order valence-corrected chi connectivity index (χ2v) is 5.12. The number of hydrogen-bond donors (Lipinski definition) is 1. The molecule has 1 aliphatic heterocycles. The maximum absolute atomic E-state index is 9.61. The van der Waals surface area contributed by atoms with Crippen LogP contribution in [-0.4, -0.2) is 16.6 Å². The first-order valence-corrected chi connectivity index (χ1v) is 6.67. The first-order chi connectivity index (χ1) is 9.16. The smallest absolute Gasteiger partial charge is 0.135 e. The molecule has 0 saturated carbocycles. The van der Waals surface area contributed by atoms with Crippen molar-refractivity contribution in [1.29, 1.82) is 0 Å². The molecule has 1 atom stereocenters. The van der Waals surface area contributed by atoms with Crippen LogP contribution >= 0.6 is 0 Å². The summed E-state index contributed by atoms with van der Waals surface area (Å²) in [7, 11) is 0. The van der Waals surface area contributed by atoms with Gasteiger partial charge < -0.3 is 10.0 Å². The van der Waals surface area contributed by atoms with E-state index in [4.69, 9.17) is 0 Å². The number of rotatable bonds is 2. The molecule has 3 heteroatoms. The van der Waals surface area contributed by atoms with Gasteiger partial charge in [-0.3, -0.25) is 0 Å². The fourth-order valence-electron chi connectivity index (χ4n) is 2.66. The second kappa shape index (κ2) is 4.67. The molecule has 1 aliphatic rings. The van der Waals surface area contributed by atoms with E-state index in [1.165, 1.54) is 11.3 Å². The summed E-state index contributed by atoms with van der Waals surface area (Å²) in [6.07, 6.45) is 2.37. The topological polar surface area (TPSA) is 36.4 Å². The van der Waals surface area contributed by atoms with Crippen LogP contribution in [0.15, 0.2) is 36.5 Å². The maximum atomic E-state index is 9.61. The van der Waals surface area contributed by atoms with Gasteiger partial charge in [-0.1, -0.05) is 18.2 Å². The Hall–Kier alpha value is -1.87. The summed E-state index contributed by atoms with van der Waals surface area (Å²) in [4.78, 5) is 6.81. The number of pyridine rings is 1. The van der Waals surface area contributed by atoms with Crippen molar-refractivity contribution >= 4 is 11.5 Å². The van der Waals surface area contributed by atoms with Gasteiger partial charge in [0.15, 0.2) is 0 Å². The number of nitrogens with zero attached hydrogens (tertiary/aromatic N) is 2. The number of aliphatic hydroxyl groups is 1. The maximum Gasteiger partial charge on any atom is 0.135 e. The highest BCUT2D eigenvalue weighted by molar-refractivity contribution is 5.69. The highest BCUT2D eigenvalue weighted by Gasteiger charge is 2.22. The van der Waals surface area contributed by atoms with Crippen LogP contribution < -0.4 is 4.90 Å². The predicted molar refractivity (Wildman–Crippen MR) is 76.8 cm³/mol. The third kappa shape index (κ3) is 2.10. The summed E-state index contributed by atoms with van der Waals surface area (Å²) in [6, 6.07) is 10.5. The minimum atomic E-state index is -0.467. The van der Waals surface area contributed by atoms with Crippen molar-refractivity contribution in [2.75, 3.05) is 11.4 Å². The SMILES string of the molecule is Cc1cc([C@@H](C)O)cnc1N1CCc2ccccc21. The van der Waals surface area contributed by atoms with E-state index in [1.807, 2.05) is 6.07 Å². The molecule has 19 heavy (non-hydrogen) atoms. The fraction of sp³-hybridized carbons (Fsp3) is 0.312. The lowest BCUT2D eigenvalue weighted by atomic mass is 10.1. The monoisotopic (exact) mass is 254 g/mol. The molecule has 0 fully saturated rings. The molecule has 0 bridgehead atoms. The molecule has 0 amide bonds. The zero-order valence-electron chi connectivity index (χ0n) is 11.3. The highest BCUT2D eigenvalue weighted by Crippen LogP contribution is 2.35. The number of hydrogen-bond acceptors (Lipinski definition) is 3. The number of aromatic nitrogens is 1. The summed E-state index contributed by atoms with van der Waals surface area (Å²) in [5, 5.41) is 9.61. The van der Waals surface area contributed by atoms with Gasteiger partial charge in [0, 0.05) is 18.4 Å². The van der Waals surface area contributed by atoms with Crippen molar-refractivity contribution < 1.29 is 5.11 Å². The molecule has 1 aromatic heterocycles. The number of fused-ring (bicyclic) bond motifs is 1. The lowest BCUT2D eigenvalue weighted by Gasteiger charge is -2.21. The van der Waals surface area contributed by atoms with Crippen LogP contribution in [0.1, 0.15) is 29.7 Å². The Morgan fingerprint density at radius 3 is 2.84 bits per heavy atom. The molecule has 0 spiro atoms. The third-order valence-electron chi connectivity index (χ3n) is 3.70. The van der Waals surface area contributed by atoms with E-state index >= 15 is 0 Å². The first kappa shape index (κ1) is 12.2. The predicted octanol–water partition coefficient (Wildman–Crippen LogP) is 3.14. The summed E-state index contributed by atoms with van der Waals surface area (Å²) in [5.41, 5.74) is 4.61. The quantitative estimate of drug-likeness (QED) is 0.894. The summed E-state index contributed by atoms with van der Waals surface area (Å²) in [6.45, 7) is 4.79. The van der Waals surface area contributed by atoms with Crippen LogP contribution in [0.25, 0.3) is 0 Å². The minimum Gasteiger partial charge on any atom is -0.389 e. The van der Waals surface area contributed by atoms with Crippen LogP contribution in [-0.2, 0) is 6.42 Å². The lowest BCUT2D eigenvalue weighted by Crippen LogP contribution is -2.16. The lowest BCUT2D eigenvalue weighted by molar-refractivity contribution is 0.199. The van der Waals surface area contributed by atoms with Crippen molar-refractivity contribution in [1.82, 2.24) is 4.98 Å². The Balaban J connectivity index is 2.00. The Morgan fingerprint density at radius 2 is 2.11 bits per heavy atom. The van der Waals surface area contributed by atoms with Crippen molar-refractivity contribution in [3.05, 3.63) is 53.2 Å². The van der Waals surface area contributed by atoms with E-state index in [2.05, 4.69) is 41.1 Å². The fourth-order valence-corrected chi connectivity index (χ4v) is 2.66. The standard InChI is InChI=1S/C16H18N2O/c1-11-9-14(12(2)19)10-17-16(11)18-8-7-13-5-3-4-6-15(13)18/h3-6,9-10,12,19H,7-8H2,1-2H3/t12-/m1/s1. The molecular weight excluding hydrogens is 236 g/mol. The third-order valence-corrected chi connectivity index (χ3v) is 3.70. The number of aryl methyl sites for hydroxylation is 1. The molecule has 0 radical (unpaired) electrons. The Bertz CT molecular complexity index is 607. The largest absolute Gasteiger partial charge is 0.389 e. The van der Waals surface area contributed by atoms with Crippen molar-refractivity contribution in [3.63, 3.8) is 0 Å². The number of aliphatic hydroxyl groups excluding tert-OH is 1. The van der Waals surface area contributed by atoms with Crippen LogP contribution in [0.2, 0.25) is 0 Å². The zero-order valence-corrected chi connectivity index (χ0v) is 11.3. The first-order valence-electron chi connectivity index (χ1n) is 6.67. The molecule has 2 heterocycles. The highest BCUT2D eigenvalue weighted by atomic mass is 16.3. The van der Waals surface area contributed by atoms with Crippen LogP contribution in [0.3, 0.4) is 0 Å². The van der Waals surface area contributed by atoms with E-state index in [1.54, 1.807) is 13.1 Å². The van der Waals surface area contributed by atoms with Gasteiger partial charge in [0.05, 0.1) is 6.10 Å². The van der Waals surface area contributed by atoms with E-state index in [0.29, 0.717) is 0 Å². The number of para-hydroxylation sites is 1. The Labute approximate surface area is 113 Å². The molecule has 98 valence electrons. The molecular formula is C16H18N2O. The van der Waals surface area contributed by atoms with E-state index in [0.717, 1.165) is 29.9 Å². The van der Waals surface area contributed by atoms with E-state index < -0.39 is 6.10 Å². The van der Waals surface area contributed by atoms with Gasteiger partial charge in [-0.15, -0.1) is 0 Å². The average Bonchev–Trinajstić information content (AvgIpc) is 2.82. The van der Waals surface area contributed by atoms with Gasteiger partial charge >= 0.3 is 0 Å². The van der Waals surface area contributed by atoms with Crippen molar-refractivity contribution in [3.8, 4) is 0 Å². The van der Waals surface area contributed by atoms with Gasteiger partial charge in [-0.2, -0.15) is 0 Å². The van der Waals surface area contributed by atoms with E-state index in [-0.39, 0.29) is 0 Å². The normalized spacial score (nSPS) is 15.4. The second-order valence-electron chi connectivity index (χ2n) is 5.12. The molecule has 0 unspecified atom stereocenters. The van der Waals surface area contributed by atoms with Crippen LogP contribution in [0.4, 0.5) is 11.5 Å². The molecule has 0 saturated heterocycles. The van der Waals surface area contributed by atoms with Crippen molar-refractivity contribution in [2.45, 2.75) is 26.4 Å². The summed E-state index contributed by atoms with van der Waals surface area (Å²) < 4.78 is 0.